The van der Waals surface area contributed by atoms with E-state index in [-0.39, 0.29) is 18.3 Å². The second-order valence-corrected chi connectivity index (χ2v) is 4.36. The molecule has 4 heteroatoms. The SMILES string of the molecule is CCC(CO)C(=O)c1ccc(OC)c(Br)c1. The van der Waals surface area contributed by atoms with Crippen molar-refractivity contribution in [3.8, 4) is 5.75 Å². The Bertz CT molecular complexity index is 373. The summed E-state index contributed by atoms with van der Waals surface area (Å²) in [4.78, 5) is 11.9. The summed E-state index contributed by atoms with van der Waals surface area (Å²) in [7, 11) is 1.57. The number of carbonyl (C=O) groups excluding carboxylic acids is 1. The zero-order chi connectivity index (χ0) is 12.1. The molecule has 1 aromatic carbocycles. The van der Waals surface area contributed by atoms with Crippen LogP contribution < -0.4 is 4.74 Å². The normalized spacial score (nSPS) is 12.2. The van der Waals surface area contributed by atoms with Crippen molar-refractivity contribution < 1.29 is 14.6 Å². The molecule has 88 valence electrons. The number of Topliss-reactive ketones (excluding diaryl/α,β-unsaturated/α-hetero) is 1. The Morgan fingerprint density at radius 1 is 1.56 bits per heavy atom. The minimum absolute atomic E-state index is 0.0339. The maximum Gasteiger partial charge on any atom is 0.168 e. The van der Waals surface area contributed by atoms with Crippen LogP contribution in [0, 0.1) is 5.92 Å². The number of ketones is 1. The largest absolute Gasteiger partial charge is 0.496 e. The minimum Gasteiger partial charge on any atom is -0.496 e. The van der Waals surface area contributed by atoms with Crippen molar-refractivity contribution in [2.45, 2.75) is 13.3 Å². The maximum atomic E-state index is 11.9. The summed E-state index contributed by atoms with van der Waals surface area (Å²) in [5, 5.41) is 9.07. The first-order chi connectivity index (χ1) is 7.63. The Labute approximate surface area is 104 Å². The predicted octanol–water partition coefficient (Wildman–Crippen LogP) is 2.66. The molecule has 0 saturated carbocycles. The summed E-state index contributed by atoms with van der Waals surface area (Å²) < 4.78 is 5.83. The number of methoxy groups -OCH3 is 1. The Kier molecular flexibility index (Phi) is 4.96. The van der Waals surface area contributed by atoms with Gasteiger partial charge in [-0.1, -0.05) is 6.92 Å². The van der Waals surface area contributed by atoms with Crippen molar-refractivity contribution in [1.29, 1.82) is 0 Å². The van der Waals surface area contributed by atoms with E-state index in [0.29, 0.717) is 17.7 Å². The number of aliphatic hydroxyl groups excluding tert-OH is 1. The van der Waals surface area contributed by atoms with Gasteiger partial charge in [0.1, 0.15) is 5.75 Å². The van der Waals surface area contributed by atoms with Crippen LogP contribution in [0.3, 0.4) is 0 Å². The fourth-order valence-electron chi connectivity index (χ4n) is 1.45. The first-order valence-electron chi connectivity index (χ1n) is 5.12. The van der Waals surface area contributed by atoms with Crippen LogP contribution in [-0.2, 0) is 0 Å². The van der Waals surface area contributed by atoms with E-state index in [0.717, 1.165) is 4.47 Å². The summed E-state index contributed by atoms with van der Waals surface area (Å²) in [6.45, 7) is 1.77. The lowest BCUT2D eigenvalue weighted by Gasteiger charge is -2.11. The number of hydrogen-bond acceptors (Lipinski definition) is 3. The van der Waals surface area contributed by atoms with Gasteiger partial charge in [-0.15, -0.1) is 0 Å². The van der Waals surface area contributed by atoms with Crippen LogP contribution in [-0.4, -0.2) is 24.6 Å². The van der Waals surface area contributed by atoms with Crippen LogP contribution in [0.5, 0.6) is 5.75 Å². The van der Waals surface area contributed by atoms with E-state index < -0.39 is 0 Å². The Morgan fingerprint density at radius 3 is 2.69 bits per heavy atom. The molecule has 0 aliphatic rings. The zero-order valence-electron chi connectivity index (χ0n) is 9.37. The van der Waals surface area contributed by atoms with Gasteiger partial charge >= 0.3 is 0 Å². The number of hydrogen-bond donors (Lipinski definition) is 1. The first-order valence-corrected chi connectivity index (χ1v) is 5.92. The van der Waals surface area contributed by atoms with Crippen LogP contribution in [0.4, 0.5) is 0 Å². The topological polar surface area (TPSA) is 46.5 Å². The van der Waals surface area contributed by atoms with E-state index in [1.807, 2.05) is 6.92 Å². The van der Waals surface area contributed by atoms with Gasteiger partial charge in [-0.2, -0.15) is 0 Å². The summed E-state index contributed by atoms with van der Waals surface area (Å²) in [6.07, 6.45) is 0.638. The van der Waals surface area contributed by atoms with E-state index in [4.69, 9.17) is 9.84 Å². The highest BCUT2D eigenvalue weighted by molar-refractivity contribution is 9.10. The molecule has 3 nitrogen and oxygen atoms in total. The fourth-order valence-corrected chi connectivity index (χ4v) is 1.99. The van der Waals surface area contributed by atoms with Crippen molar-refractivity contribution in [3.05, 3.63) is 28.2 Å². The predicted molar refractivity (Wildman–Crippen MR) is 65.9 cm³/mol. The van der Waals surface area contributed by atoms with Crippen molar-refractivity contribution in [1.82, 2.24) is 0 Å². The highest BCUT2D eigenvalue weighted by atomic mass is 79.9. The van der Waals surface area contributed by atoms with Crippen LogP contribution in [0.2, 0.25) is 0 Å². The van der Waals surface area contributed by atoms with E-state index in [1.165, 1.54) is 0 Å². The quantitative estimate of drug-likeness (QED) is 0.847. The van der Waals surface area contributed by atoms with Gasteiger partial charge in [-0.25, -0.2) is 0 Å². The summed E-state index contributed by atoms with van der Waals surface area (Å²) in [5.41, 5.74) is 0.591. The van der Waals surface area contributed by atoms with Gasteiger partial charge in [-0.05, 0) is 40.5 Å². The molecule has 0 amide bonds. The highest BCUT2D eigenvalue weighted by Gasteiger charge is 2.18. The third-order valence-corrected chi connectivity index (χ3v) is 3.14. The molecule has 0 spiro atoms. The maximum absolute atomic E-state index is 11.9. The van der Waals surface area contributed by atoms with Crippen LogP contribution in [0.25, 0.3) is 0 Å². The lowest BCUT2D eigenvalue weighted by Crippen LogP contribution is -2.17. The summed E-state index contributed by atoms with van der Waals surface area (Å²) in [5.74, 6) is 0.335. The molecule has 1 N–H and O–H groups in total. The second kappa shape index (κ2) is 6.01. The highest BCUT2D eigenvalue weighted by Crippen LogP contribution is 2.26. The third kappa shape index (κ3) is 2.83. The van der Waals surface area contributed by atoms with E-state index >= 15 is 0 Å². The molecule has 0 heterocycles. The number of halogens is 1. The average molecular weight is 287 g/mol. The molecule has 1 atom stereocenters. The van der Waals surface area contributed by atoms with E-state index in [2.05, 4.69) is 15.9 Å². The summed E-state index contributed by atoms with van der Waals surface area (Å²) in [6, 6.07) is 5.17. The molecule has 0 saturated heterocycles. The molecule has 0 radical (unpaired) electrons. The van der Waals surface area contributed by atoms with Crippen LogP contribution in [0.1, 0.15) is 23.7 Å². The molecule has 0 aromatic heterocycles. The van der Waals surface area contributed by atoms with Gasteiger partial charge in [0.2, 0.25) is 0 Å². The van der Waals surface area contributed by atoms with Crippen LogP contribution >= 0.6 is 15.9 Å². The van der Waals surface area contributed by atoms with Gasteiger partial charge in [0.05, 0.1) is 18.2 Å². The lowest BCUT2D eigenvalue weighted by molar-refractivity contribution is 0.0856. The minimum atomic E-state index is -0.319. The van der Waals surface area contributed by atoms with E-state index in [9.17, 15) is 4.79 Å². The van der Waals surface area contributed by atoms with Crippen molar-refractivity contribution in [2.75, 3.05) is 13.7 Å². The monoisotopic (exact) mass is 286 g/mol. The standard InChI is InChI=1S/C12H15BrO3/c1-3-8(7-14)12(15)9-4-5-11(16-2)10(13)6-9/h4-6,8,14H,3,7H2,1-2H3. The Morgan fingerprint density at radius 2 is 2.25 bits per heavy atom. The lowest BCUT2D eigenvalue weighted by atomic mass is 9.96. The Balaban J connectivity index is 2.96. The third-order valence-electron chi connectivity index (χ3n) is 2.52. The number of rotatable bonds is 5. The fraction of sp³-hybridized carbons (Fsp3) is 0.417. The number of carbonyl (C=O) groups is 1. The zero-order valence-corrected chi connectivity index (χ0v) is 11.0. The van der Waals surface area contributed by atoms with Gasteiger partial charge in [0.15, 0.2) is 5.78 Å². The molecule has 0 bridgehead atoms. The average Bonchev–Trinajstić information content (AvgIpc) is 2.30. The van der Waals surface area contributed by atoms with Crippen molar-refractivity contribution in [2.24, 2.45) is 5.92 Å². The summed E-state index contributed by atoms with van der Waals surface area (Å²) >= 11 is 3.33. The smallest absolute Gasteiger partial charge is 0.168 e. The number of benzene rings is 1. The van der Waals surface area contributed by atoms with Crippen molar-refractivity contribution >= 4 is 21.7 Å². The molecule has 16 heavy (non-hydrogen) atoms. The molecule has 1 rings (SSSR count). The number of aliphatic hydroxyl groups is 1. The van der Waals surface area contributed by atoms with Crippen molar-refractivity contribution in [3.63, 3.8) is 0 Å². The van der Waals surface area contributed by atoms with Gasteiger partial charge in [0.25, 0.3) is 0 Å². The second-order valence-electron chi connectivity index (χ2n) is 3.50. The molecule has 0 fully saturated rings. The first kappa shape index (κ1) is 13.2. The van der Waals surface area contributed by atoms with Crippen LogP contribution in [0.15, 0.2) is 22.7 Å². The van der Waals surface area contributed by atoms with Gasteiger partial charge in [-0.3, -0.25) is 4.79 Å². The molecule has 1 aromatic rings. The molecular formula is C12H15BrO3. The van der Waals surface area contributed by atoms with Gasteiger partial charge in [0, 0.05) is 11.5 Å². The van der Waals surface area contributed by atoms with E-state index in [1.54, 1.807) is 25.3 Å². The molecule has 0 aliphatic carbocycles. The molecular weight excluding hydrogens is 272 g/mol. The number of ether oxygens (including phenoxy) is 1. The molecule has 0 aliphatic heterocycles. The Hall–Kier alpha value is -0.870. The van der Waals surface area contributed by atoms with Gasteiger partial charge < -0.3 is 9.84 Å². The molecule has 1 unspecified atom stereocenters.